The highest BCUT2D eigenvalue weighted by atomic mass is 16.7. The van der Waals surface area contributed by atoms with Gasteiger partial charge in [-0.3, -0.25) is 0 Å². The Kier molecular flexibility index (Phi) is 7.64. The predicted octanol–water partition coefficient (Wildman–Crippen LogP) is 2.59. The van der Waals surface area contributed by atoms with Crippen molar-refractivity contribution < 1.29 is 44.5 Å². The molecule has 3 heterocycles. The lowest BCUT2D eigenvalue weighted by Gasteiger charge is -2.62. The minimum absolute atomic E-state index is 0.00686. The molecular formula is C33H54O9. The van der Waals surface area contributed by atoms with Crippen LogP contribution in [-0.4, -0.2) is 93.6 Å². The van der Waals surface area contributed by atoms with Crippen LogP contribution in [0.1, 0.15) is 85.5 Å². The summed E-state index contributed by atoms with van der Waals surface area (Å²) in [6.45, 7) is 9.92. The van der Waals surface area contributed by atoms with Crippen LogP contribution in [-0.2, 0) is 18.9 Å². The Morgan fingerprint density at radius 3 is 2.36 bits per heavy atom. The van der Waals surface area contributed by atoms with E-state index < -0.39 is 49.5 Å². The van der Waals surface area contributed by atoms with Crippen LogP contribution in [0.4, 0.5) is 0 Å². The molecular weight excluding hydrogens is 540 g/mol. The smallest absolute Gasteiger partial charge is 0.187 e. The van der Waals surface area contributed by atoms with E-state index in [9.17, 15) is 25.5 Å². The first-order chi connectivity index (χ1) is 19.9. The van der Waals surface area contributed by atoms with Gasteiger partial charge in [0.1, 0.15) is 24.4 Å². The van der Waals surface area contributed by atoms with E-state index in [2.05, 4.69) is 27.7 Å². The van der Waals surface area contributed by atoms with Crippen LogP contribution >= 0.6 is 0 Å². The van der Waals surface area contributed by atoms with Gasteiger partial charge in [0.25, 0.3) is 0 Å². The van der Waals surface area contributed by atoms with E-state index in [4.69, 9.17) is 18.9 Å². The molecule has 7 rings (SSSR count). The van der Waals surface area contributed by atoms with Crippen molar-refractivity contribution in [2.24, 2.45) is 52.3 Å². The van der Waals surface area contributed by atoms with Crippen LogP contribution in [0.15, 0.2) is 0 Å². The SMILES string of the molecule is CC1CCC2(OC1)OC1CC3C4CCC5CC(OC6OC(CO)C(O)C(O)C6O)C(O)CC5(C)C4CCC3(C)C1C2C. The number of fused-ring (bicyclic) bond motifs is 7. The molecule has 4 saturated carbocycles. The van der Waals surface area contributed by atoms with Gasteiger partial charge in [-0.2, -0.15) is 0 Å². The van der Waals surface area contributed by atoms with Crippen molar-refractivity contribution in [1.82, 2.24) is 0 Å². The second kappa shape index (κ2) is 10.6. The molecule has 42 heavy (non-hydrogen) atoms. The Morgan fingerprint density at radius 1 is 0.857 bits per heavy atom. The maximum absolute atomic E-state index is 11.4. The first-order valence-electron chi connectivity index (χ1n) is 16.9. The summed E-state index contributed by atoms with van der Waals surface area (Å²) in [5.41, 5.74) is 0.263. The van der Waals surface area contributed by atoms with Crippen LogP contribution in [0.25, 0.3) is 0 Å². The molecule has 5 N–H and O–H groups in total. The molecule has 0 radical (unpaired) electrons. The molecule has 0 bridgehead atoms. The maximum Gasteiger partial charge on any atom is 0.187 e. The highest BCUT2D eigenvalue weighted by Gasteiger charge is 2.69. The summed E-state index contributed by atoms with van der Waals surface area (Å²) >= 11 is 0. The third-order valence-corrected chi connectivity index (χ3v) is 14.1. The van der Waals surface area contributed by atoms with Crippen molar-refractivity contribution in [2.75, 3.05) is 13.2 Å². The quantitative estimate of drug-likeness (QED) is 0.312. The molecule has 9 nitrogen and oxygen atoms in total. The van der Waals surface area contributed by atoms with Gasteiger partial charge < -0.3 is 44.5 Å². The van der Waals surface area contributed by atoms with Crippen molar-refractivity contribution in [3.8, 4) is 0 Å². The Hall–Kier alpha value is -0.360. The van der Waals surface area contributed by atoms with E-state index in [1.54, 1.807) is 0 Å². The Bertz CT molecular complexity index is 1000. The molecule has 18 unspecified atom stereocenters. The summed E-state index contributed by atoms with van der Waals surface area (Å²) in [6.07, 6.45) is 1.68. The van der Waals surface area contributed by atoms with Crippen molar-refractivity contribution in [3.63, 3.8) is 0 Å². The number of aliphatic hydroxyl groups is 5. The molecule has 3 saturated heterocycles. The highest BCUT2D eigenvalue weighted by molar-refractivity contribution is 5.16. The second-order valence-corrected chi connectivity index (χ2v) is 16.1. The lowest BCUT2D eigenvalue weighted by atomic mass is 9.44. The van der Waals surface area contributed by atoms with E-state index in [-0.39, 0.29) is 22.7 Å². The third-order valence-electron chi connectivity index (χ3n) is 14.1. The summed E-state index contributed by atoms with van der Waals surface area (Å²) in [5.74, 6) is 3.36. The molecule has 0 amide bonds. The van der Waals surface area contributed by atoms with Gasteiger partial charge in [0.05, 0.1) is 31.5 Å². The van der Waals surface area contributed by atoms with E-state index in [1.807, 2.05) is 0 Å². The van der Waals surface area contributed by atoms with Gasteiger partial charge in [-0.05, 0) is 97.7 Å². The first-order valence-corrected chi connectivity index (χ1v) is 16.9. The van der Waals surface area contributed by atoms with E-state index >= 15 is 0 Å². The topological polar surface area (TPSA) is 138 Å². The number of hydrogen-bond donors (Lipinski definition) is 5. The minimum Gasteiger partial charge on any atom is -0.394 e. The second-order valence-electron chi connectivity index (χ2n) is 16.1. The monoisotopic (exact) mass is 594 g/mol. The number of ether oxygens (including phenoxy) is 4. The summed E-state index contributed by atoms with van der Waals surface area (Å²) in [7, 11) is 0. The third kappa shape index (κ3) is 4.35. The van der Waals surface area contributed by atoms with Gasteiger partial charge in [0.15, 0.2) is 12.1 Å². The molecule has 7 aliphatic rings. The largest absolute Gasteiger partial charge is 0.394 e. The lowest BCUT2D eigenvalue weighted by Crippen LogP contribution is -2.61. The fourth-order valence-electron chi connectivity index (χ4n) is 11.8. The fourth-order valence-corrected chi connectivity index (χ4v) is 11.8. The Morgan fingerprint density at radius 2 is 1.64 bits per heavy atom. The zero-order chi connectivity index (χ0) is 29.8. The van der Waals surface area contributed by atoms with Crippen LogP contribution in [0.2, 0.25) is 0 Å². The molecule has 9 heteroatoms. The van der Waals surface area contributed by atoms with Gasteiger partial charge in [-0.1, -0.05) is 27.7 Å². The highest BCUT2D eigenvalue weighted by Crippen LogP contribution is 2.71. The molecule has 0 aromatic rings. The van der Waals surface area contributed by atoms with Gasteiger partial charge in [-0.15, -0.1) is 0 Å². The van der Waals surface area contributed by atoms with Gasteiger partial charge in [-0.25, -0.2) is 0 Å². The molecule has 0 aromatic heterocycles. The summed E-state index contributed by atoms with van der Waals surface area (Å²) in [6, 6.07) is 0. The fraction of sp³-hybridized carbons (Fsp3) is 1.00. The van der Waals surface area contributed by atoms with Crippen LogP contribution in [0.3, 0.4) is 0 Å². The minimum atomic E-state index is -1.49. The summed E-state index contributed by atoms with van der Waals surface area (Å²) in [5, 5.41) is 51.9. The Labute approximate surface area is 250 Å². The van der Waals surface area contributed by atoms with Crippen LogP contribution < -0.4 is 0 Å². The van der Waals surface area contributed by atoms with E-state index in [0.29, 0.717) is 54.3 Å². The number of aliphatic hydroxyl groups excluding tert-OH is 5. The molecule has 4 aliphatic carbocycles. The summed E-state index contributed by atoms with van der Waals surface area (Å²) < 4.78 is 25.1. The zero-order valence-electron chi connectivity index (χ0n) is 25.8. The maximum atomic E-state index is 11.4. The van der Waals surface area contributed by atoms with Crippen molar-refractivity contribution in [1.29, 1.82) is 0 Å². The van der Waals surface area contributed by atoms with Crippen molar-refractivity contribution in [2.45, 2.75) is 140 Å². The predicted molar refractivity (Wildman–Crippen MR) is 152 cm³/mol. The average molecular weight is 595 g/mol. The van der Waals surface area contributed by atoms with Gasteiger partial charge >= 0.3 is 0 Å². The van der Waals surface area contributed by atoms with Crippen molar-refractivity contribution >= 4 is 0 Å². The molecule has 18 atom stereocenters. The van der Waals surface area contributed by atoms with Crippen LogP contribution in [0.5, 0.6) is 0 Å². The van der Waals surface area contributed by atoms with E-state index in [0.717, 1.165) is 25.9 Å². The van der Waals surface area contributed by atoms with Gasteiger partial charge in [0.2, 0.25) is 0 Å². The molecule has 3 aliphatic heterocycles. The van der Waals surface area contributed by atoms with E-state index in [1.165, 1.54) is 25.7 Å². The molecule has 240 valence electrons. The van der Waals surface area contributed by atoms with Crippen molar-refractivity contribution in [3.05, 3.63) is 0 Å². The molecule has 0 aromatic carbocycles. The summed E-state index contributed by atoms with van der Waals surface area (Å²) in [4.78, 5) is 0. The molecule has 1 spiro atoms. The standard InChI is InChI=1S/C33H54O9/c1-16-7-10-33(39-15-16)17(2)26-24(42-33)12-21-19-6-5-18-11-23(40-30-29(38)28(37)27(36)25(14-34)41-30)22(35)13-32(18,4)20(19)8-9-31(21,26)3/h16-30,34-38H,5-15H2,1-4H3. The zero-order valence-corrected chi connectivity index (χ0v) is 25.8. The Balaban J connectivity index is 1.05. The molecule has 7 fully saturated rings. The lowest BCUT2D eigenvalue weighted by molar-refractivity contribution is -0.324. The number of rotatable bonds is 3. The van der Waals surface area contributed by atoms with Gasteiger partial charge in [0, 0.05) is 12.3 Å². The normalized spacial score (nSPS) is 60.9. The van der Waals surface area contributed by atoms with Crippen LogP contribution in [0, 0.1) is 52.3 Å². The first kappa shape index (κ1) is 30.3. The number of hydrogen-bond acceptors (Lipinski definition) is 9. The average Bonchev–Trinajstić information content (AvgIpc) is 3.40.